The third-order valence-corrected chi connectivity index (χ3v) is 2.46. The number of hydrogen-bond acceptors (Lipinski definition) is 2. The summed E-state index contributed by atoms with van der Waals surface area (Å²) in [5.41, 5.74) is 0. The van der Waals surface area contributed by atoms with Crippen molar-refractivity contribution in [3.8, 4) is 0 Å². The second-order valence-electron chi connectivity index (χ2n) is 3.96. The van der Waals surface area contributed by atoms with Crippen LogP contribution in [0.3, 0.4) is 0 Å². The molecule has 0 aromatic rings. The van der Waals surface area contributed by atoms with Crippen molar-refractivity contribution < 1.29 is 5.11 Å². The van der Waals surface area contributed by atoms with E-state index >= 15 is 0 Å². The number of hydrogen-bond donors (Lipinski definition) is 2. The van der Waals surface area contributed by atoms with Crippen molar-refractivity contribution >= 4 is 0 Å². The number of aliphatic hydroxyl groups is 1. The third-order valence-electron chi connectivity index (χ3n) is 2.46. The highest BCUT2D eigenvalue weighted by atomic mass is 16.3. The molecule has 2 heteroatoms. The minimum atomic E-state index is -0.160. The minimum absolute atomic E-state index is 0.160. The molecule has 2 N–H and O–H groups in total. The van der Waals surface area contributed by atoms with Gasteiger partial charge in [-0.05, 0) is 25.3 Å². The predicted molar refractivity (Wildman–Crippen MR) is 57.9 cm³/mol. The molecule has 2 unspecified atom stereocenters. The highest BCUT2D eigenvalue weighted by Gasteiger charge is 2.07. The molecule has 0 fully saturated rings. The van der Waals surface area contributed by atoms with E-state index in [1.807, 2.05) is 0 Å². The Balaban J connectivity index is 3.24. The summed E-state index contributed by atoms with van der Waals surface area (Å²) in [6.07, 6.45) is 4.35. The molecule has 0 amide bonds. The lowest BCUT2D eigenvalue weighted by molar-refractivity contribution is 0.142. The topological polar surface area (TPSA) is 32.3 Å². The van der Waals surface area contributed by atoms with Crippen LogP contribution >= 0.6 is 0 Å². The van der Waals surface area contributed by atoms with Gasteiger partial charge in [0.15, 0.2) is 0 Å². The summed E-state index contributed by atoms with van der Waals surface area (Å²) in [6.45, 7) is 8.33. The van der Waals surface area contributed by atoms with Crippen LogP contribution in [0.5, 0.6) is 0 Å². The Morgan fingerprint density at radius 3 is 2.54 bits per heavy atom. The Hall–Kier alpha value is -0.0800. The van der Waals surface area contributed by atoms with Crippen LogP contribution in [0.4, 0.5) is 0 Å². The molecule has 0 aromatic carbocycles. The van der Waals surface area contributed by atoms with E-state index in [1.54, 1.807) is 0 Å². The number of aliphatic hydroxyl groups excluding tert-OH is 1. The Morgan fingerprint density at radius 1 is 1.31 bits per heavy atom. The first-order chi connectivity index (χ1) is 6.20. The first-order valence-electron chi connectivity index (χ1n) is 5.59. The highest BCUT2D eigenvalue weighted by Crippen LogP contribution is 2.08. The van der Waals surface area contributed by atoms with E-state index in [9.17, 15) is 5.11 Å². The fourth-order valence-corrected chi connectivity index (χ4v) is 1.28. The van der Waals surface area contributed by atoms with Crippen LogP contribution < -0.4 is 5.32 Å². The molecule has 0 aliphatic rings. The summed E-state index contributed by atoms with van der Waals surface area (Å²) >= 11 is 0. The van der Waals surface area contributed by atoms with Crippen LogP contribution in [0.1, 0.15) is 46.5 Å². The lowest BCUT2D eigenvalue weighted by Gasteiger charge is -2.15. The predicted octanol–water partition coefficient (Wildman–Crippen LogP) is 2.17. The second-order valence-corrected chi connectivity index (χ2v) is 3.96. The molecule has 0 aliphatic heterocycles. The maximum absolute atomic E-state index is 9.59. The van der Waals surface area contributed by atoms with Crippen LogP contribution in [-0.4, -0.2) is 24.3 Å². The van der Waals surface area contributed by atoms with Crippen molar-refractivity contribution in [3.63, 3.8) is 0 Å². The van der Waals surface area contributed by atoms with Gasteiger partial charge in [0.1, 0.15) is 0 Å². The Labute approximate surface area is 82.7 Å². The first-order valence-corrected chi connectivity index (χ1v) is 5.59. The van der Waals surface area contributed by atoms with Gasteiger partial charge in [0.05, 0.1) is 6.10 Å². The molecule has 0 saturated carbocycles. The van der Waals surface area contributed by atoms with Crippen molar-refractivity contribution in [1.29, 1.82) is 0 Å². The number of unbranched alkanes of at least 4 members (excludes halogenated alkanes) is 1. The van der Waals surface area contributed by atoms with E-state index in [0.29, 0.717) is 5.92 Å². The zero-order valence-corrected chi connectivity index (χ0v) is 9.34. The zero-order chi connectivity index (χ0) is 10.1. The van der Waals surface area contributed by atoms with Crippen molar-refractivity contribution in [2.75, 3.05) is 13.1 Å². The van der Waals surface area contributed by atoms with Gasteiger partial charge < -0.3 is 10.4 Å². The summed E-state index contributed by atoms with van der Waals surface area (Å²) in [6, 6.07) is 0. The normalized spacial score (nSPS) is 15.7. The molecule has 0 aromatic heterocycles. The maximum Gasteiger partial charge on any atom is 0.0667 e. The van der Waals surface area contributed by atoms with Gasteiger partial charge in [-0.3, -0.25) is 0 Å². The van der Waals surface area contributed by atoms with E-state index in [2.05, 4.69) is 26.1 Å². The molecule has 0 radical (unpaired) electrons. The van der Waals surface area contributed by atoms with Crippen LogP contribution in [0.15, 0.2) is 0 Å². The van der Waals surface area contributed by atoms with Gasteiger partial charge in [-0.2, -0.15) is 0 Å². The van der Waals surface area contributed by atoms with E-state index < -0.39 is 0 Å². The van der Waals surface area contributed by atoms with E-state index in [1.165, 1.54) is 12.8 Å². The van der Waals surface area contributed by atoms with Gasteiger partial charge in [0, 0.05) is 6.54 Å². The lowest BCUT2D eigenvalue weighted by atomic mass is 10.0. The molecule has 0 spiro atoms. The largest absolute Gasteiger partial charge is 0.392 e. The smallest absolute Gasteiger partial charge is 0.0667 e. The molecule has 2 nitrogen and oxygen atoms in total. The molecule has 2 atom stereocenters. The standard InChI is InChI=1S/C11H25NO/c1-4-6-7-12-9-11(13)8-10(3)5-2/h10-13H,4-9H2,1-3H3. The molecule has 0 bridgehead atoms. The number of nitrogens with one attached hydrogen (secondary N) is 1. The minimum Gasteiger partial charge on any atom is -0.392 e. The second kappa shape index (κ2) is 8.52. The first kappa shape index (κ1) is 12.9. The molecular formula is C11H25NO. The summed E-state index contributed by atoms with van der Waals surface area (Å²) in [7, 11) is 0. The number of rotatable bonds is 8. The Morgan fingerprint density at radius 2 is 2.00 bits per heavy atom. The van der Waals surface area contributed by atoms with Crippen LogP contribution in [0, 0.1) is 5.92 Å². The summed E-state index contributed by atoms with van der Waals surface area (Å²) in [5.74, 6) is 0.642. The lowest BCUT2D eigenvalue weighted by Crippen LogP contribution is -2.28. The molecule has 0 rings (SSSR count). The van der Waals surface area contributed by atoms with Crippen molar-refractivity contribution in [3.05, 3.63) is 0 Å². The molecular weight excluding hydrogens is 162 g/mol. The van der Waals surface area contributed by atoms with E-state index in [-0.39, 0.29) is 6.10 Å². The van der Waals surface area contributed by atoms with Gasteiger partial charge in [-0.15, -0.1) is 0 Å². The van der Waals surface area contributed by atoms with Crippen LogP contribution in [0.2, 0.25) is 0 Å². The average molecular weight is 187 g/mol. The van der Waals surface area contributed by atoms with Crippen LogP contribution in [0.25, 0.3) is 0 Å². The van der Waals surface area contributed by atoms with Gasteiger partial charge in [-0.25, -0.2) is 0 Å². The fraction of sp³-hybridized carbons (Fsp3) is 1.00. The molecule has 0 aliphatic carbocycles. The van der Waals surface area contributed by atoms with Gasteiger partial charge >= 0.3 is 0 Å². The Kier molecular flexibility index (Phi) is 8.46. The van der Waals surface area contributed by atoms with Crippen molar-refractivity contribution in [1.82, 2.24) is 5.32 Å². The summed E-state index contributed by atoms with van der Waals surface area (Å²) in [4.78, 5) is 0. The molecule has 0 saturated heterocycles. The van der Waals surface area contributed by atoms with Gasteiger partial charge in [0.2, 0.25) is 0 Å². The molecule has 0 heterocycles. The zero-order valence-electron chi connectivity index (χ0n) is 9.34. The van der Waals surface area contributed by atoms with Gasteiger partial charge in [0.25, 0.3) is 0 Å². The van der Waals surface area contributed by atoms with Crippen molar-refractivity contribution in [2.45, 2.75) is 52.6 Å². The molecule has 13 heavy (non-hydrogen) atoms. The third kappa shape index (κ3) is 8.26. The maximum atomic E-state index is 9.59. The quantitative estimate of drug-likeness (QED) is 0.571. The van der Waals surface area contributed by atoms with E-state index in [0.717, 1.165) is 25.9 Å². The average Bonchev–Trinajstić information content (AvgIpc) is 2.12. The highest BCUT2D eigenvalue weighted by molar-refractivity contribution is 4.63. The monoisotopic (exact) mass is 187 g/mol. The van der Waals surface area contributed by atoms with Crippen molar-refractivity contribution in [2.24, 2.45) is 5.92 Å². The van der Waals surface area contributed by atoms with E-state index in [4.69, 9.17) is 0 Å². The van der Waals surface area contributed by atoms with Crippen LogP contribution in [-0.2, 0) is 0 Å². The summed E-state index contributed by atoms with van der Waals surface area (Å²) in [5, 5.41) is 12.9. The Bertz CT molecular complexity index is 106. The molecule has 80 valence electrons. The SMILES string of the molecule is CCCCNCC(O)CC(C)CC. The fourth-order valence-electron chi connectivity index (χ4n) is 1.28. The van der Waals surface area contributed by atoms with Gasteiger partial charge in [-0.1, -0.05) is 33.6 Å². The summed E-state index contributed by atoms with van der Waals surface area (Å²) < 4.78 is 0.